The monoisotopic (exact) mass is 322 g/mol. The second-order valence-corrected chi connectivity index (χ2v) is 5.00. The average Bonchev–Trinajstić information content (AvgIpc) is 2.60. The predicted octanol–water partition coefficient (Wildman–Crippen LogP) is 2.61. The summed E-state index contributed by atoms with van der Waals surface area (Å²) in [6.07, 6.45) is 2.33. The van der Waals surface area contributed by atoms with E-state index in [4.69, 9.17) is 9.47 Å². The second-order valence-electron chi connectivity index (χ2n) is 5.00. The molecule has 0 N–H and O–H groups in total. The minimum absolute atomic E-state index is 0.0823. The number of benzene rings is 1. The summed E-state index contributed by atoms with van der Waals surface area (Å²) in [6, 6.07) is 6.21. The normalized spacial score (nSPS) is 11.4. The molecule has 1 rings (SSSR count). The van der Waals surface area contributed by atoms with E-state index in [1.807, 2.05) is 6.92 Å². The number of rotatable bonds is 8. The standard InChI is InChI=1S/C17H22O6/c1-4-5-8-12(15(18)21-2)11-23-17(20)14-10-7-6-9-13(14)16(19)22-3/h6-7,9-10,12H,4-5,8,11H2,1-3H3. The molecule has 0 spiro atoms. The molecule has 0 aliphatic rings. The van der Waals surface area contributed by atoms with Crippen LogP contribution in [-0.4, -0.2) is 38.7 Å². The Morgan fingerprint density at radius 1 is 1.00 bits per heavy atom. The summed E-state index contributed by atoms with van der Waals surface area (Å²) in [5, 5.41) is 0. The van der Waals surface area contributed by atoms with Gasteiger partial charge in [0.1, 0.15) is 6.61 Å². The summed E-state index contributed by atoms with van der Waals surface area (Å²) in [6.45, 7) is 1.92. The molecule has 6 heteroatoms. The van der Waals surface area contributed by atoms with E-state index in [1.165, 1.54) is 26.4 Å². The molecule has 0 aromatic heterocycles. The Labute approximate surface area is 135 Å². The van der Waals surface area contributed by atoms with Gasteiger partial charge >= 0.3 is 17.9 Å². The van der Waals surface area contributed by atoms with Crippen LogP contribution in [0.5, 0.6) is 0 Å². The molecular weight excluding hydrogens is 300 g/mol. The summed E-state index contributed by atoms with van der Waals surface area (Å²) < 4.78 is 14.6. The molecule has 0 aliphatic carbocycles. The van der Waals surface area contributed by atoms with Gasteiger partial charge in [-0.05, 0) is 18.6 Å². The Hall–Kier alpha value is -2.37. The largest absolute Gasteiger partial charge is 0.469 e. The van der Waals surface area contributed by atoms with E-state index in [9.17, 15) is 14.4 Å². The van der Waals surface area contributed by atoms with Crippen LogP contribution in [0.4, 0.5) is 0 Å². The molecule has 0 saturated carbocycles. The highest BCUT2D eigenvalue weighted by atomic mass is 16.5. The first-order valence-corrected chi connectivity index (χ1v) is 7.47. The highest BCUT2D eigenvalue weighted by Gasteiger charge is 2.23. The molecule has 0 radical (unpaired) electrons. The molecule has 1 unspecified atom stereocenters. The third-order valence-electron chi connectivity index (χ3n) is 3.41. The first-order valence-electron chi connectivity index (χ1n) is 7.47. The summed E-state index contributed by atoms with van der Waals surface area (Å²) >= 11 is 0. The molecule has 1 aromatic rings. The number of ether oxygens (including phenoxy) is 3. The number of unbranched alkanes of at least 4 members (excludes halogenated alkanes) is 1. The van der Waals surface area contributed by atoms with E-state index in [-0.39, 0.29) is 17.7 Å². The maximum Gasteiger partial charge on any atom is 0.339 e. The number of hydrogen-bond acceptors (Lipinski definition) is 6. The van der Waals surface area contributed by atoms with Crippen LogP contribution in [0.25, 0.3) is 0 Å². The van der Waals surface area contributed by atoms with Gasteiger partial charge in [0.25, 0.3) is 0 Å². The van der Waals surface area contributed by atoms with Gasteiger partial charge in [0, 0.05) is 0 Å². The topological polar surface area (TPSA) is 78.9 Å². The molecule has 6 nitrogen and oxygen atoms in total. The number of hydrogen-bond donors (Lipinski definition) is 0. The van der Waals surface area contributed by atoms with Crippen molar-refractivity contribution in [3.05, 3.63) is 35.4 Å². The van der Waals surface area contributed by atoms with Gasteiger partial charge in [-0.2, -0.15) is 0 Å². The number of esters is 3. The molecule has 0 aliphatic heterocycles. The predicted molar refractivity (Wildman–Crippen MR) is 83.1 cm³/mol. The lowest BCUT2D eigenvalue weighted by atomic mass is 10.0. The van der Waals surface area contributed by atoms with Crippen molar-refractivity contribution in [2.75, 3.05) is 20.8 Å². The van der Waals surface area contributed by atoms with Crippen LogP contribution >= 0.6 is 0 Å². The summed E-state index contributed by atoms with van der Waals surface area (Å²) in [5.74, 6) is -2.20. The summed E-state index contributed by atoms with van der Waals surface area (Å²) in [4.78, 5) is 35.6. The van der Waals surface area contributed by atoms with Crippen LogP contribution in [-0.2, 0) is 19.0 Å². The molecule has 0 saturated heterocycles. The maximum atomic E-state index is 12.2. The van der Waals surface area contributed by atoms with E-state index < -0.39 is 23.8 Å². The second kappa shape index (κ2) is 9.61. The van der Waals surface area contributed by atoms with Crippen LogP contribution in [0.3, 0.4) is 0 Å². The molecule has 0 bridgehead atoms. The minimum Gasteiger partial charge on any atom is -0.469 e. The molecule has 23 heavy (non-hydrogen) atoms. The van der Waals surface area contributed by atoms with Crippen molar-refractivity contribution >= 4 is 17.9 Å². The first-order chi connectivity index (χ1) is 11.0. The fourth-order valence-electron chi connectivity index (χ4n) is 2.09. The lowest BCUT2D eigenvalue weighted by molar-refractivity contribution is -0.147. The van der Waals surface area contributed by atoms with Crippen molar-refractivity contribution in [2.24, 2.45) is 5.92 Å². The lowest BCUT2D eigenvalue weighted by Gasteiger charge is -2.15. The third-order valence-corrected chi connectivity index (χ3v) is 3.41. The van der Waals surface area contributed by atoms with E-state index in [0.29, 0.717) is 6.42 Å². The minimum atomic E-state index is -0.670. The fourth-order valence-corrected chi connectivity index (χ4v) is 2.09. The smallest absolute Gasteiger partial charge is 0.339 e. The Balaban J connectivity index is 2.79. The SMILES string of the molecule is CCCCC(COC(=O)c1ccccc1C(=O)OC)C(=O)OC. The molecule has 0 amide bonds. The Morgan fingerprint density at radius 3 is 2.13 bits per heavy atom. The molecule has 0 fully saturated rings. The molecule has 1 aromatic carbocycles. The van der Waals surface area contributed by atoms with Crippen LogP contribution in [0.1, 0.15) is 46.9 Å². The number of methoxy groups -OCH3 is 2. The fraction of sp³-hybridized carbons (Fsp3) is 0.471. The first kappa shape index (κ1) is 18.7. The Bertz CT molecular complexity index is 552. The highest BCUT2D eigenvalue weighted by Crippen LogP contribution is 2.15. The van der Waals surface area contributed by atoms with Crippen LogP contribution in [0.15, 0.2) is 24.3 Å². The number of carbonyl (C=O) groups excluding carboxylic acids is 3. The van der Waals surface area contributed by atoms with Gasteiger partial charge < -0.3 is 14.2 Å². The summed E-state index contributed by atoms with van der Waals surface area (Å²) in [5.41, 5.74) is 0.238. The average molecular weight is 322 g/mol. The van der Waals surface area contributed by atoms with Gasteiger partial charge in [-0.25, -0.2) is 9.59 Å². The molecule has 0 heterocycles. The molecule has 126 valence electrons. The Morgan fingerprint density at radius 2 is 1.61 bits per heavy atom. The molecule has 1 atom stereocenters. The van der Waals surface area contributed by atoms with Crippen molar-refractivity contribution < 1.29 is 28.6 Å². The summed E-state index contributed by atoms with van der Waals surface area (Å²) in [7, 11) is 2.54. The third kappa shape index (κ3) is 5.39. The van der Waals surface area contributed by atoms with E-state index in [2.05, 4.69) is 4.74 Å². The van der Waals surface area contributed by atoms with Crippen molar-refractivity contribution in [3.63, 3.8) is 0 Å². The molecular formula is C17H22O6. The number of carbonyl (C=O) groups is 3. The Kier molecular flexibility index (Phi) is 7.80. The van der Waals surface area contributed by atoms with E-state index in [1.54, 1.807) is 12.1 Å². The highest BCUT2D eigenvalue weighted by molar-refractivity contribution is 6.03. The lowest BCUT2D eigenvalue weighted by Crippen LogP contribution is -2.24. The van der Waals surface area contributed by atoms with Gasteiger partial charge in [0.2, 0.25) is 0 Å². The zero-order valence-corrected chi connectivity index (χ0v) is 13.7. The van der Waals surface area contributed by atoms with E-state index >= 15 is 0 Å². The van der Waals surface area contributed by atoms with Crippen molar-refractivity contribution in [3.8, 4) is 0 Å². The quantitative estimate of drug-likeness (QED) is 0.541. The zero-order valence-electron chi connectivity index (χ0n) is 13.7. The van der Waals surface area contributed by atoms with Gasteiger partial charge in [-0.1, -0.05) is 31.9 Å². The van der Waals surface area contributed by atoms with Gasteiger partial charge in [0.05, 0.1) is 31.3 Å². The van der Waals surface area contributed by atoms with Crippen molar-refractivity contribution in [2.45, 2.75) is 26.2 Å². The zero-order chi connectivity index (χ0) is 17.2. The van der Waals surface area contributed by atoms with Crippen LogP contribution in [0.2, 0.25) is 0 Å². The van der Waals surface area contributed by atoms with Gasteiger partial charge in [-0.15, -0.1) is 0 Å². The van der Waals surface area contributed by atoms with Crippen LogP contribution < -0.4 is 0 Å². The van der Waals surface area contributed by atoms with Crippen molar-refractivity contribution in [1.82, 2.24) is 0 Å². The van der Waals surface area contributed by atoms with Crippen LogP contribution in [0, 0.1) is 5.92 Å². The van der Waals surface area contributed by atoms with E-state index in [0.717, 1.165) is 12.8 Å². The maximum absolute atomic E-state index is 12.2. The van der Waals surface area contributed by atoms with Crippen molar-refractivity contribution in [1.29, 1.82) is 0 Å². The van der Waals surface area contributed by atoms with Gasteiger partial charge in [-0.3, -0.25) is 4.79 Å². The van der Waals surface area contributed by atoms with Gasteiger partial charge in [0.15, 0.2) is 0 Å².